The molecule has 24 heavy (non-hydrogen) atoms. The summed E-state index contributed by atoms with van der Waals surface area (Å²) in [5, 5.41) is 1.98. The number of carbonyl (C=O) groups excluding carboxylic acids is 1. The highest BCUT2D eigenvalue weighted by Crippen LogP contribution is 2.39. The molecular formula is C19H23N3OS. The van der Waals surface area contributed by atoms with Crippen molar-refractivity contribution in [1.29, 1.82) is 0 Å². The lowest BCUT2D eigenvalue weighted by Crippen LogP contribution is -2.47. The summed E-state index contributed by atoms with van der Waals surface area (Å²) in [5.74, 6) is 0.215. The number of likely N-dealkylation sites (tertiary alicyclic amines) is 2. The lowest BCUT2D eigenvalue weighted by Gasteiger charge is -2.40. The van der Waals surface area contributed by atoms with E-state index in [4.69, 9.17) is 0 Å². The number of hydrogen-bond donors (Lipinski definition) is 0. The van der Waals surface area contributed by atoms with Gasteiger partial charge in [-0.2, -0.15) is 0 Å². The Morgan fingerprint density at radius 1 is 1.17 bits per heavy atom. The minimum atomic E-state index is 0.215. The zero-order valence-electron chi connectivity index (χ0n) is 13.9. The number of hydrogen-bond acceptors (Lipinski definition) is 4. The van der Waals surface area contributed by atoms with Gasteiger partial charge < -0.3 is 4.90 Å². The van der Waals surface area contributed by atoms with Crippen molar-refractivity contribution in [2.45, 2.75) is 25.8 Å². The molecule has 4 heterocycles. The molecule has 0 N–H and O–H groups in total. The molecule has 0 aliphatic carbocycles. The monoisotopic (exact) mass is 341 g/mol. The van der Waals surface area contributed by atoms with Gasteiger partial charge in [0.25, 0.3) is 5.91 Å². The minimum Gasteiger partial charge on any atom is -0.337 e. The van der Waals surface area contributed by atoms with E-state index in [2.05, 4.69) is 26.9 Å². The van der Waals surface area contributed by atoms with Gasteiger partial charge in [0.05, 0.1) is 10.6 Å². The summed E-state index contributed by atoms with van der Waals surface area (Å²) >= 11 is 1.55. The minimum absolute atomic E-state index is 0.215. The van der Waals surface area contributed by atoms with Gasteiger partial charge in [0, 0.05) is 37.8 Å². The van der Waals surface area contributed by atoms with Gasteiger partial charge in [-0.25, -0.2) is 0 Å². The van der Waals surface area contributed by atoms with Gasteiger partial charge in [0.1, 0.15) is 0 Å². The largest absolute Gasteiger partial charge is 0.337 e. The van der Waals surface area contributed by atoms with Crippen molar-refractivity contribution in [3.63, 3.8) is 0 Å². The molecule has 1 spiro atoms. The lowest BCUT2D eigenvalue weighted by atomic mass is 9.79. The van der Waals surface area contributed by atoms with Crippen LogP contribution in [0.3, 0.4) is 0 Å². The van der Waals surface area contributed by atoms with E-state index in [1.165, 1.54) is 12.8 Å². The summed E-state index contributed by atoms with van der Waals surface area (Å²) in [6.07, 6.45) is 5.41. The van der Waals surface area contributed by atoms with E-state index in [0.717, 1.165) is 49.7 Å². The normalized spacial score (nSPS) is 24.6. The Morgan fingerprint density at radius 2 is 2.12 bits per heavy atom. The Kier molecular flexibility index (Phi) is 4.37. The fraction of sp³-hybridized carbons (Fsp3) is 0.474. The first kappa shape index (κ1) is 15.8. The Bertz CT molecular complexity index is 688. The van der Waals surface area contributed by atoms with Crippen molar-refractivity contribution in [3.05, 3.63) is 52.5 Å². The predicted molar refractivity (Wildman–Crippen MR) is 96.0 cm³/mol. The predicted octanol–water partition coefficient (Wildman–Crippen LogP) is 3.27. The summed E-state index contributed by atoms with van der Waals surface area (Å²) < 4.78 is 0. The van der Waals surface area contributed by atoms with Crippen molar-refractivity contribution >= 4 is 17.2 Å². The molecule has 2 saturated heterocycles. The molecule has 1 atom stereocenters. The Morgan fingerprint density at radius 3 is 2.92 bits per heavy atom. The number of thiophene rings is 1. The quantitative estimate of drug-likeness (QED) is 0.860. The van der Waals surface area contributed by atoms with Crippen molar-refractivity contribution in [2.75, 3.05) is 26.2 Å². The molecule has 2 aliphatic rings. The topological polar surface area (TPSA) is 36.4 Å². The molecule has 4 rings (SSSR count). The van der Waals surface area contributed by atoms with Crippen molar-refractivity contribution in [1.82, 2.24) is 14.8 Å². The first-order valence-electron chi connectivity index (χ1n) is 8.69. The number of nitrogens with zero attached hydrogens (tertiary/aromatic N) is 3. The smallest absolute Gasteiger partial charge is 0.263 e. The van der Waals surface area contributed by atoms with Crippen LogP contribution in [0.1, 0.15) is 34.6 Å². The second-order valence-electron chi connectivity index (χ2n) is 7.09. The number of aromatic nitrogens is 1. The second-order valence-corrected chi connectivity index (χ2v) is 8.04. The van der Waals surface area contributed by atoms with Gasteiger partial charge >= 0.3 is 0 Å². The third-order valence-electron chi connectivity index (χ3n) is 5.31. The number of piperidine rings is 1. The van der Waals surface area contributed by atoms with Crippen LogP contribution in [0.5, 0.6) is 0 Å². The molecule has 126 valence electrons. The van der Waals surface area contributed by atoms with Crippen LogP contribution in [0.25, 0.3) is 0 Å². The Hall–Kier alpha value is -1.72. The van der Waals surface area contributed by atoms with Gasteiger partial charge in [-0.1, -0.05) is 12.1 Å². The first-order chi connectivity index (χ1) is 11.7. The van der Waals surface area contributed by atoms with Crippen LogP contribution in [0, 0.1) is 5.41 Å². The van der Waals surface area contributed by atoms with Crippen LogP contribution >= 0.6 is 11.3 Å². The molecule has 2 aromatic rings. The first-order valence-corrected chi connectivity index (χ1v) is 9.57. The standard InChI is InChI=1S/C19H23N3OS/c23-18(17-6-3-12-24-17)22-10-4-7-19(15-22)8-11-21(14-19)13-16-5-1-2-9-20-16/h1-3,5-6,9,12H,4,7-8,10-11,13-15H2/t19-/m0/s1. The molecular weight excluding hydrogens is 318 g/mol. The van der Waals surface area contributed by atoms with Crippen LogP contribution in [-0.4, -0.2) is 46.9 Å². The molecule has 2 aromatic heterocycles. The average molecular weight is 341 g/mol. The molecule has 0 bridgehead atoms. The third-order valence-corrected chi connectivity index (χ3v) is 6.17. The van der Waals surface area contributed by atoms with Crippen LogP contribution in [0.4, 0.5) is 0 Å². The zero-order chi connectivity index (χ0) is 16.4. The van der Waals surface area contributed by atoms with E-state index in [9.17, 15) is 4.79 Å². The van der Waals surface area contributed by atoms with Gasteiger partial charge in [-0.3, -0.25) is 14.7 Å². The van der Waals surface area contributed by atoms with E-state index in [1.54, 1.807) is 11.3 Å². The molecule has 2 aliphatic heterocycles. The van der Waals surface area contributed by atoms with E-state index in [1.807, 2.05) is 29.8 Å². The molecule has 0 radical (unpaired) electrons. The van der Waals surface area contributed by atoms with Gasteiger partial charge in [-0.05, 0) is 49.4 Å². The molecule has 4 nitrogen and oxygen atoms in total. The summed E-state index contributed by atoms with van der Waals surface area (Å²) in [4.78, 5) is 22.6. The van der Waals surface area contributed by atoms with E-state index >= 15 is 0 Å². The van der Waals surface area contributed by atoms with Crippen molar-refractivity contribution in [3.8, 4) is 0 Å². The summed E-state index contributed by atoms with van der Waals surface area (Å²) in [5.41, 5.74) is 1.41. The zero-order valence-corrected chi connectivity index (χ0v) is 14.7. The van der Waals surface area contributed by atoms with E-state index in [-0.39, 0.29) is 11.3 Å². The molecule has 0 unspecified atom stereocenters. The van der Waals surface area contributed by atoms with Crippen molar-refractivity contribution in [2.24, 2.45) is 5.41 Å². The maximum atomic E-state index is 12.7. The van der Waals surface area contributed by atoms with Crippen LogP contribution in [0.15, 0.2) is 41.9 Å². The highest BCUT2D eigenvalue weighted by molar-refractivity contribution is 7.12. The van der Waals surface area contributed by atoms with Crippen molar-refractivity contribution < 1.29 is 4.79 Å². The second kappa shape index (κ2) is 6.65. The Balaban J connectivity index is 1.41. The summed E-state index contributed by atoms with van der Waals surface area (Å²) in [6.45, 7) is 4.91. The molecule has 2 fully saturated rings. The van der Waals surface area contributed by atoms with Crippen LogP contribution in [-0.2, 0) is 6.54 Å². The number of carbonyl (C=O) groups is 1. The fourth-order valence-corrected chi connectivity index (χ4v) is 4.84. The fourth-order valence-electron chi connectivity index (χ4n) is 4.15. The number of pyridine rings is 1. The lowest BCUT2D eigenvalue weighted by molar-refractivity contribution is 0.0531. The molecule has 1 amide bonds. The number of rotatable bonds is 3. The molecule has 0 aromatic carbocycles. The highest BCUT2D eigenvalue weighted by atomic mass is 32.1. The van der Waals surface area contributed by atoms with Gasteiger partial charge in [0.2, 0.25) is 0 Å². The average Bonchev–Trinajstić information content (AvgIpc) is 3.26. The van der Waals surface area contributed by atoms with Gasteiger partial charge in [0.15, 0.2) is 0 Å². The highest BCUT2D eigenvalue weighted by Gasteiger charge is 2.42. The van der Waals surface area contributed by atoms with Crippen LogP contribution in [0.2, 0.25) is 0 Å². The van der Waals surface area contributed by atoms with Crippen LogP contribution < -0.4 is 0 Å². The van der Waals surface area contributed by atoms with E-state index in [0.29, 0.717) is 0 Å². The van der Waals surface area contributed by atoms with E-state index < -0.39 is 0 Å². The van der Waals surface area contributed by atoms with Gasteiger partial charge in [-0.15, -0.1) is 11.3 Å². The summed E-state index contributed by atoms with van der Waals surface area (Å²) in [6, 6.07) is 10.0. The SMILES string of the molecule is O=C(c1cccs1)N1CCC[C@@]2(CCN(Cc3ccccn3)C2)C1. The molecule has 0 saturated carbocycles. The summed E-state index contributed by atoms with van der Waals surface area (Å²) in [7, 11) is 0. The number of amides is 1. The third kappa shape index (κ3) is 3.23. The molecule has 5 heteroatoms. The maximum Gasteiger partial charge on any atom is 0.263 e. The Labute approximate surface area is 147 Å². The maximum absolute atomic E-state index is 12.7.